The van der Waals surface area contributed by atoms with Crippen molar-refractivity contribution >= 4 is 27.0 Å². The fourth-order valence-electron chi connectivity index (χ4n) is 1.77. The first kappa shape index (κ1) is 9.60. The zero-order valence-electron chi connectivity index (χ0n) is 8.44. The van der Waals surface area contributed by atoms with Crippen molar-refractivity contribution in [3.05, 3.63) is 53.3 Å². The Kier molecular flexibility index (Phi) is 2.26. The average molecular weight is 273 g/mol. The van der Waals surface area contributed by atoms with Gasteiger partial charge in [-0.15, -0.1) is 0 Å². The van der Waals surface area contributed by atoms with Gasteiger partial charge in [-0.3, -0.25) is 0 Å². The van der Waals surface area contributed by atoms with E-state index in [0.717, 1.165) is 21.2 Å². The van der Waals surface area contributed by atoms with Crippen molar-refractivity contribution in [2.45, 2.75) is 0 Å². The van der Waals surface area contributed by atoms with Crippen molar-refractivity contribution < 1.29 is 0 Å². The lowest BCUT2D eigenvalue weighted by Gasteiger charge is -2.00. The van der Waals surface area contributed by atoms with E-state index in [4.69, 9.17) is 0 Å². The highest BCUT2D eigenvalue weighted by molar-refractivity contribution is 9.10. The molecule has 3 aromatic rings. The molecule has 0 amide bonds. The molecule has 0 atom stereocenters. The number of nitrogens with zero attached hydrogens (tertiary/aromatic N) is 1. The Morgan fingerprint density at radius 1 is 1.00 bits per heavy atom. The number of pyridine rings is 1. The molecule has 0 saturated heterocycles. The van der Waals surface area contributed by atoms with Crippen LogP contribution in [0.15, 0.2) is 53.3 Å². The topological polar surface area (TPSA) is 28.7 Å². The van der Waals surface area contributed by atoms with Crippen LogP contribution in [0.2, 0.25) is 0 Å². The van der Waals surface area contributed by atoms with Crippen LogP contribution < -0.4 is 0 Å². The van der Waals surface area contributed by atoms with E-state index in [1.54, 1.807) is 0 Å². The van der Waals surface area contributed by atoms with Gasteiger partial charge in [0.25, 0.3) is 0 Å². The van der Waals surface area contributed by atoms with Crippen LogP contribution in [-0.2, 0) is 0 Å². The smallest absolute Gasteiger partial charge is 0.138 e. The Bertz CT molecular complexity index is 629. The normalized spacial score (nSPS) is 10.8. The van der Waals surface area contributed by atoms with Crippen LogP contribution in [0.25, 0.3) is 22.2 Å². The molecular weight excluding hydrogens is 264 g/mol. The maximum absolute atomic E-state index is 4.39. The number of rotatable bonds is 1. The molecule has 16 heavy (non-hydrogen) atoms. The SMILES string of the molecule is Brc1cc2cc(-c3ccccc3)cnc2[nH]1. The predicted octanol–water partition coefficient (Wildman–Crippen LogP) is 3.99. The third-order valence-electron chi connectivity index (χ3n) is 2.54. The van der Waals surface area contributed by atoms with Gasteiger partial charge < -0.3 is 4.98 Å². The number of aromatic nitrogens is 2. The third kappa shape index (κ3) is 1.63. The maximum atomic E-state index is 4.39. The van der Waals surface area contributed by atoms with E-state index in [-0.39, 0.29) is 0 Å². The Labute approximate surface area is 101 Å². The lowest BCUT2D eigenvalue weighted by molar-refractivity contribution is 1.30. The van der Waals surface area contributed by atoms with Crippen molar-refractivity contribution in [3.8, 4) is 11.1 Å². The molecule has 3 heteroatoms. The maximum Gasteiger partial charge on any atom is 0.138 e. The van der Waals surface area contributed by atoms with Crippen molar-refractivity contribution in [1.82, 2.24) is 9.97 Å². The summed E-state index contributed by atoms with van der Waals surface area (Å²) in [7, 11) is 0. The first-order chi connectivity index (χ1) is 7.83. The standard InChI is InChI=1S/C13H9BrN2/c14-12-7-10-6-11(8-15-13(10)16-12)9-4-2-1-3-5-9/h1-8H,(H,15,16). The average Bonchev–Trinajstić information content (AvgIpc) is 2.69. The summed E-state index contributed by atoms with van der Waals surface area (Å²) in [5.74, 6) is 0. The van der Waals surface area contributed by atoms with Crippen molar-refractivity contribution in [2.24, 2.45) is 0 Å². The quantitative estimate of drug-likeness (QED) is 0.713. The molecule has 0 bridgehead atoms. The summed E-state index contributed by atoms with van der Waals surface area (Å²) in [5.41, 5.74) is 3.24. The van der Waals surface area contributed by atoms with Gasteiger partial charge >= 0.3 is 0 Å². The van der Waals surface area contributed by atoms with Crippen molar-refractivity contribution in [2.75, 3.05) is 0 Å². The highest BCUT2D eigenvalue weighted by Crippen LogP contribution is 2.24. The number of hydrogen-bond acceptors (Lipinski definition) is 1. The summed E-state index contributed by atoms with van der Waals surface area (Å²) in [5, 5.41) is 1.12. The van der Waals surface area contributed by atoms with E-state index < -0.39 is 0 Å². The molecule has 3 rings (SSSR count). The van der Waals surface area contributed by atoms with Crippen LogP contribution in [0.4, 0.5) is 0 Å². The highest BCUT2D eigenvalue weighted by atomic mass is 79.9. The largest absolute Gasteiger partial charge is 0.334 e. The summed E-state index contributed by atoms with van der Waals surface area (Å²) in [6.45, 7) is 0. The molecule has 0 fully saturated rings. The first-order valence-corrected chi connectivity index (χ1v) is 5.82. The fourth-order valence-corrected chi connectivity index (χ4v) is 2.20. The van der Waals surface area contributed by atoms with Crippen LogP contribution in [0.1, 0.15) is 0 Å². The minimum atomic E-state index is 0.909. The fraction of sp³-hybridized carbons (Fsp3) is 0. The van der Waals surface area contributed by atoms with E-state index >= 15 is 0 Å². The van der Waals surface area contributed by atoms with E-state index in [1.165, 1.54) is 5.56 Å². The van der Waals surface area contributed by atoms with E-state index in [2.05, 4.69) is 44.1 Å². The Balaban J connectivity index is 2.18. The Morgan fingerprint density at radius 3 is 2.62 bits per heavy atom. The molecule has 1 aromatic carbocycles. The number of fused-ring (bicyclic) bond motifs is 1. The number of nitrogens with one attached hydrogen (secondary N) is 1. The monoisotopic (exact) mass is 272 g/mol. The molecule has 2 nitrogen and oxygen atoms in total. The highest BCUT2D eigenvalue weighted by Gasteiger charge is 2.02. The second-order valence-electron chi connectivity index (χ2n) is 3.65. The molecule has 78 valence electrons. The number of benzene rings is 1. The van der Waals surface area contributed by atoms with Crippen molar-refractivity contribution in [3.63, 3.8) is 0 Å². The summed E-state index contributed by atoms with van der Waals surface area (Å²) in [4.78, 5) is 7.54. The van der Waals surface area contributed by atoms with E-state index in [9.17, 15) is 0 Å². The summed E-state index contributed by atoms with van der Waals surface area (Å²) < 4.78 is 0.959. The van der Waals surface area contributed by atoms with Gasteiger partial charge in [0.05, 0.1) is 4.60 Å². The molecule has 0 unspecified atom stereocenters. The van der Waals surface area contributed by atoms with Crippen LogP contribution in [0.5, 0.6) is 0 Å². The number of H-pyrrole nitrogens is 1. The number of hydrogen-bond donors (Lipinski definition) is 1. The molecule has 0 radical (unpaired) electrons. The lowest BCUT2D eigenvalue weighted by atomic mass is 10.1. The molecule has 1 N–H and O–H groups in total. The van der Waals surface area contributed by atoms with Gasteiger partial charge in [0.15, 0.2) is 0 Å². The Hall–Kier alpha value is -1.61. The summed E-state index contributed by atoms with van der Waals surface area (Å²) in [6, 6.07) is 14.4. The van der Waals surface area contributed by atoms with Gasteiger partial charge in [0.1, 0.15) is 5.65 Å². The minimum absolute atomic E-state index is 0.909. The Morgan fingerprint density at radius 2 is 1.81 bits per heavy atom. The lowest BCUT2D eigenvalue weighted by Crippen LogP contribution is -1.80. The molecule has 2 heterocycles. The van der Waals surface area contributed by atoms with Crippen molar-refractivity contribution in [1.29, 1.82) is 0 Å². The third-order valence-corrected chi connectivity index (χ3v) is 2.97. The molecule has 0 aliphatic heterocycles. The van der Waals surface area contributed by atoms with Crippen LogP contribution in [0, 0.1) is 0 Å². The molecule has 0 spiro atoms. The van der Waals surface area contributed by atoms with Crippen LogP contribution in [0.3, 0.4) is 0 Å². The molecule has 0 aliphatic rings. The molecule has 2 aromatic heterocycles. The predicted molar refractivity (Wildman–Crippen MR) is 69.2 cm³/mol. The van der Waals surface area contributed by atoms with E-state index in [0.29, 0.717) is 0 Å². The second-order valence-corrected chi connectivity index (χ2v) is 4.50. The summed E-state index contributed by atoms with van der Waals surface area (Å²) >= 11 is 3.41. The zero-order valence-corrected chi connectivity index (χ0v) is 10.0. The van der Waals surface area contributed by atoms with Gasteiger partial charge in [-0.05, 0) is 33.6 Å². The van der Waals surface area contributed by atoms with Crippen LogP contribution in [-0.4, -0.2) is 9.97 Å². The number of halogens is 1. The van der Waals surface area contributed by atoms with Gasteiger partial charge in [0.2, 0.25) is 0 Å². The van der Waals surface area contributed by atoms with E-state index in [1.807, 2.05) is 30.5 Å². The van der Waals surface area contributed by atoms with Gasteiger partial charge in [-0.1, -0.05) is 30.3 Å². The number of aromatic amines is 1. The summed E-state index contributed by atoms with van der Waals surface area (Å²) in [6.07, 6.45) is 1.89. The second kappa shape index (κ2) is 3.76. The first-order valence-electron chi connectivity index (χ1n) is 5.02. The zero-order chi connectivity index (χ0) is 11.0. The molecule has 0 saturated carbocycles. The molecule has 0 aliphatic carbocycles. The minimum Gasteiger partial charge on any atom is -0.334 e. The molecular formula is C13H9BrN2. The van der Waals surface area contributed by atoms with Gasteiger partial charge in [-0.25, -0.2) is 4.98 Å². The van der Waals surface area contributed by atoms with Gasteiger partial charge in [0, 0.05) is 17.1 Å². The van der Waals surface area contributed by atoms with Crippen LogP contribution >= 0.6 is 15.9 Å². The van der Waals surface area contributed by atoms with Gasteiger partial charge in [-0.2, -0.15) is 0 Å².